The third-order valence-corrected chi connectivity index (χ3v) is 3.08. The summed E-state index contributed by atoms with van der Waals surface area (Å²) in [4.78, 5) is 7.38. The van der Waals surface area contributed by atoms with Crippen LogP contribution >= 0.6 is 0 Å². The molecule has 0 amide bonds. The number of hydrogen-bond donors (Lipinski definition) is 2. The van der Waals surface area contributed by atoms with Crippen molar-refractivity contribution in [3.05, 3.63) is 11.8 Å². The summed E-state index contributed by atoms with van der Waals surface area (Å²) in [6.45, 7) is 4.10. The number of alkyl halides is 3. The first-order valence-electron chi connectivity index (χ1n) is 5.63. The molecule has 0 bridgehead atoms. The van der Waals surface area contributed by atoms with Crippen molar-refractivity contribution in [1.82, 2.24) is 9.97 Å². The number of nitrogens with one attached hydrogen (secondary N) is 2. The minimum atomic E-state index is -4.47. The molecule has 0 spiro atoms. The van der Waals surface area contributed by atoms with Gasteiger partial charge in [-0.3, -0.25) is 0 Å². The standard InChI is InChI=1S/C11H15F3N4/c1-10(2)5-7(10)16-8-4-6(11(12,13)14)17-9(15-3)18-8/h4,7H,5H2,1-3H3,(H2,15,16,17,18). The molecule has 0 radical (unpaired) electrons. The summed E-state index contributed by atoms with van der Waals surface area (Å²) in [5.74, 6) is 0.169. The summed E-state index contributed by atoms with van der Waals surface area (Å²) >= 11 is 0. The first-order valence-corrected chi connectivity index (χ1v) is 5.63. The summed E-state index contributed by atoms with van der Waals surface area (Å²) < 4.78 is 37.9. The molecule has 0 aliphatic heterocycles. The largest absolute Gasteiger partial charge is 0.433 e. The van der Waals surface area contributed by atoms with Crippen molar-refractivity contribution >= 4 is 11.8 Å². The van der Waals surface area contributed by atoms with E-state index in [2.05, 4.69) is 34.4 Å². The van der Waals surface area contributed by atoms with Crippen molar-refractivity contribution in [2.75, 3.05) is 17.7 Å². The molecule has 1 unspecified atom stereocenters. The van der Waals surface area contributed by atoms with E-state index >= 15 is 0 Å². The van der Waals surface area contributed by atoms with Crippen molar-refractivity contribution in [2.24, 2.45) is 5.41 Å². The smallest absolute Gasteiger partial charge is 0.367 e. The second-order valence-corrected chi connectivity index (χ2v) is 5.10. The topological polar surface area (TPSA) is 49.8 Å². The van der Waals surface area contributed by atoms with Gasteiger partial charge in [0.05, 0.1) is 0 Å². The molecule has 2 rings (SSSR count). The predicted octanol–water partition coefficient (Wildman–Crippen LogP) is 2.75. The van der Waals surface area contributed by atoms with Gasteiger partial charge in [-0.15, -0.1) is 0 Å². The number of halogens is 3. The summed E-state index contributed by atoms with van der Waals surface area (Å²) in [7, 11) is 1.49. The SMILES string of the molecule is CNc1nc(NC2CC2(C)C)cc(C(F)(F)F)n1. The van der Waals surface area contributed by atoms with Crippen LogP contribution in [0.2, 0.25) is 0 Å². The quantitative estimate of drug-likeness (QED) is 0.877. The predicted molar refractivity (Wildman–Crippen MR) is 62.4 cm³/mol. The maximum Gasteiger partial charge on any atom is 0.433 e. The lowest BCUT2D eigenvalue weighted by atomic mass is 10.2. The molecule has 18 heavy (non-hydrogen) atoms. The normalized spacial score (nSPS) is 21.6. The molecular formula is C11H15F3N4. The lowest BCUT2D eigenvalue weighted by molar-refractivity contribution is -0.141. The zero-order valence-corrected chi connectivity index (χ0v) is 10.4. The molecule has 1 aliphatic carbocycles. The van der Waals surface area contributed by atoms with Crippen LogP contribution in [0.25, 0.3) is 0 Å². The second-order valence-electron chi connectivity index (χ2n) is 5.10. The van der Waals surface area contributed by atoms with Crippen LogP contribution in [0, 0.1) is 5.41 Å². The Kier molecular flexibility index (Phi) is 2.87. The van der Waals surface area contributed by atoms with Gasteiger partial charge in [-0.2, -0.15) is 18.2 Å². The maximum atomic E-state index is 12.6. The van der Waals surface area contributed by atoms with Crippen LogP contribution in [-0.2, 0) is 6.18 Å². The Bertz CT molecular complexity index is 456. The van der Waals surface area contributed by atoms with Crippen LogP contribution in [-0.4, -0.2) is 23.1 Å². The first kappa shape index (κ1) is 12.9. The lowest BCUT2D eigenvalue weighted by Crippen LogP contribution is -2.15. The fourth-order valence-electron chi connectivity index (χ4n) is 1.67. The fourth-order valence-corrected chi connectivity index (χ4v) is 1.67. The van der Waals surface area contributed by atoms with E-state index in [1.54, 1.807) is 0 Å². The van der Waals surface area contributed by atoms with Gasteiger partial charge in [0, 0.05) is 19.2 Å². The van der Waals surface area contributed by atoms with E-state index in [1.807, 2.05) is 0 Å². The Morgan fingerprint density at radius 1 is 1.33 bits per heavy atom. The Morgan fingerprint density at radius 3 is 2.39 bits per heavy atom. The van der Waals surface area contributed by atoms with Crippen molar-refractivity contribution in [3.63, 3.8) is 0 Å². The van der Waals surface area contributed by atoms with Gasteiger partial charge in [-0.05, 0) is 11.8 Å². The van der Waals surface area contributed by atoms with Gasteiger partial charge in [-0.1, -0.05) is 13.8 Å². The highest BCUT2D eigenvalue weighted by molar-refractivity contribution is 5.45. The van der Waals surface area contributed by atoms with Gasteiger partial charge in [0.15, 0.2) is 5.69 Å². The molecule has 1 aromatic rings. The van der Waals surface area contributed by atoms with Crippen LogP contribution in [0.3, 0.4) is 0 Å². The van der Waals surface area contributed by atoms with Crippen molar-refractivity contribution in [1.29, 1.82) is 0 Å². The minimum Gasteiger partial charge on any atom is -0.367 e. The molecule has 1 atom stereocenters. The molecular weight excluding hydrogens is 245 g/mol. The van der Waals surface area contributed by atoms with E-state index in [4.69, 9.17) is 0 Å². The van der Waals surface area contributed by atoms with Crippen LogP contribution in [0.1, 0.15) is 26.0 Å². The number of rotatable bonds is 3. The summed E-state index contributed by atoms with van der Waals surface area (Å²) in [5.41, 5.74) is -0.828. The van der Waals surface area contributed by atoms with E-state index in [1.165, 1.54) is 7.05 Å². The molecule has 0 saturated heterocycles. The first-order chi connectivity index (χ1) is 8.22. The maximum absolute atomic E-state index is 12.6. The number of aromatic nitrogens is 2. The van der Waals surface area contributed by atoms with E-state index < -0.39 is 11.9 Å². The third-order valence-electron chi connectivity index (χ3n) is 3.08. The molecule has 7 heteroatoms. The van der Waals surface area contributed by atoms with Crippen LogP contribution < -0.4 is 10.6 Å². The fraction of sp³-hybridized carbons (Fsp3) is 0.636. The van der Waals surface area contributed by atoms with Crippen LogP contribution in [0.15, 0.2) is 6.07 Å². The van der Waals surface area contributed by atoms with Crippen molar-refractivity contribution in [3.8, 4) is 0 Å². The molecule has 1 aliphatic rings. The second kappa shape index (κ2) is 4.00. The Morgan fingerprint density at radius 2 is 1.94 bits per heavy atom. The Labute approximate surface area is 103 Å². The van der Waals surface area contributed by atoms with E-state index in [-0.39, 0.29) is 23.2 Å². The molecule has 0 aromatic carbocycles. The van der Waals surface area contributed by atoms with Crippen LogP contribution in [0.5, 0.6) is 0 Å². The Balaban J connectivity index is 2.25. The Hall–Kier alpha value is -1.53. The zero-order chi connectivity index (χ0) is 13.6. The average molecular weight is 260 g/mol. The van der Waals surface area contributed by atoms with E-state index in [0.717, 1.165) is 12.5 Å². The third kappa shape index (κ3) is 2.65. The van der Waals surface area contributed by atoms with Gasteiger partial charge in [0.1, 0.15) is 5.82 Å². The highest BCUT2D eigenvalue weighted by atomic mass is 19.4. The minimum absolute atomic E-state index is 0.0363. The summed E-state index contributed by atoms with van der Waals surface area (Å²) in [6.07, 6.45) is -3.54. The summed E-state index contributed by atoms with van der Waals surface area (Å²) in [6, 6.07) is 1.10. The molecule has 100 valence electrons. The van der Waals surface area contributed by atoms with Crippen LogP contribution in [0.4, 0.5) is 24.9 Å². The molecule has 4 nitrogen and oxygen atoms in total. The van der Waals surface area contributed by atoms with E-state index in [9.17, 15) is 13.2 Å². The number of anilines is 2. The molecule has 2 N–H and O–H groups in total. The van der Waals surface area contributed by atoms with Gasteiger partial charge in [-0.25, -0.2) is 4.98 Å². The molecule has 1 aromatic heterocycles. The molecule has 1 heterocycles. The highest BCUT2D eigenvalue weighted by Gasteiger charge is 2.46. The average Bonchev–Trinajstić information content (AvgIpc) is 2.84. The van der Waals surface area contributed by atoms with Gasteiger partial charge < -0.3 is 10.6 Å². The van der Waals surface area contributed by atoms with Crippen molar-refractivity contribution in [2.45, 2.75) is 32.5 Å². The van der Waals surface area contributed by atoms with Gasteiger partial charge >= 0.3 is 6.18 Å². The molecule has 1 fully saturated rings. The number of hydrogen-bond acceptors (Lipinski definition) is 4. The lowest BCUT2D eigenvalue weighted by Gasteiger charge is -2.12. The zero-order valence-electron chi connectivity index (χ0n) is 10.4. The van der Waals surface area contributed by atoms with Gasteiger partial charge in [0.25, 0.3) is 0 Å². The van der Waals surface area contributed by atoms with Gasteiger partial charge in [0.2, 0.25) is 5.95 Å². The molecule has 1 saturated carbocycles. The van der Waals surface area contributed by atoms with Crippen molar-refractivity contribution < 1.29 is 13.2 Å². The number of nitrogens with zero attached hydrogens (tertiary/aromatic N) is 2. The highest BCUT2D eigenvalue weighted by Crippen LogP contribution is 2.46. The summed E-state index contributed by atoms with van der Waals surface area (Å²) in [5, 5.41) is 5.53. The van der Waals surface area contributed by atoms with E-state index in [0.29, 0.717) is 0 Å². The monoisotopic (exact) mass is 260 g/mol.